The second-order valence-corrected chi connectivity index (χ2v) is 6.48. The number of nitrogens with one attached hydrogen (secondary N) is 3. The Balaban J connectivity index is 1.50. The standard InChI is InChI=1S/C17H14FN5OS/c18-12-4-2-1-3-11(12)8-19-17-23-22-15(9-25-17)10-5-6-13-14(7-10)21-16(24)20-13/h1-7H,8-9H2,(H,19,23)(H2,20,21,24). The third kappa shape index (κ3) is 3.34. The van der Waals surface area contributed by atoms with E-state index in [1.165, 1.54) is 17.8 Å². The summed E-state index contributed by atoms with van der Waals surface area (Å²) in [4.78, 5) is 21.1. The van der Waals surface area contributed by atoms with E-state index in [4.69, 9.17) is 0 Å². The highest BCUT2D eigenvalue weighted by Crippen LogP contribution is 2.17. The van der Waals surface area contributed by atoms with Crippen molar-refractivity contribution in [2.45, 2.75) is 6.54 Å². The van der Waals surface area contributed by atoms with Gasteiger partial charge in [-0.05, 0) is 18.2 Å². The first kappa shape index (κ1) is 15.6. The van der Waals surface area contributed by atoms with Gasteiger partial charge in [0.15, 0.2) is 5.17 Å². The molecule has 0 bridgehead atoms. The van der Waals surface area contributed by atoms with Crippen LogP contribution in [0.25, 0.3) is 11.0 Å². The zero-order chi connectivity index (χ0) is 17.2. The number of benzene rings is 2. The Bertz CT molecular complexity index is 1050. The molecule has 0 unspecified atom stereocenters. The molecule has 6 nitrogen and oxygen atoms in total. The molecule has 126 valence electrons. The molecular weight excluding hydrogens is 341 g/mol. The van der Waals surface area contributed by atoms with Crippen molar-refractivity contribution in [3.63, 3.8) is 0 Å². The quantitative estimate of drug-likeness (QED) is 0.675. The van der Waals surface area contributed by atoms with Gasteiger partial charge in [-0.15, -0.1) is 0 Å². The number of hydrogen-bond acceptors (Lipinski definition) is 4. The van der Waals surface area contributed by atoms with Crippen LogP contribution in [0.3, 0.4) is 0 Å². The summed E-state index contributed by atoms with van der Waals surface area (Å²) in [6.07, 6.45) is 0. The first-order chi connectivity index (χ1) is 12.2. The van der Waals surface area contributed by atoms with Gasteiger partial charge in [-0.3, -0.25) is 10.4 Å². The van der Waals surface area contributed by atoms with Crippen LogP contribution in [0.1, 0.15) is 11.1 Å². The Morgan fingerprint density at radius 2 is 2.00 bits per heavy atom. The van der Waals surface area contributed by atoms with Crippen LogP contribution in [0.4, 0.5) is 4.39 Å². The molecule has 3 aromatic rings. The highest BCUT2D eigenvalue weighted by Gasteiger charge is 2.14. The predicted octanol–water partition coefficient (Wildman–Crippen LogP) is 2.59. The van der Waals surface area contributed by atoms with Crippen molar-refractivity contribution in [3.8, 4) is 0 Å². The fourth-order valence-electron chi connectivity index (χ4n) is 2.54. The average Bonchev–Trinajstić information content (AvgIpc) is 3.00. The number of H-pyrrole nitrogens is 2. The number of aliphatic imine (C=N–C) groups is 1. The van der Waals surface area contributed by atoms with Gasteiger partial charge in [0.2, 0.25) is 0 Å². The summed E-state index contributed by atoms with van der Waals surface area (Å²) in [5.74, 6) is 0.383. The third-order valence-corrected chi connectivity index (χ3v) is 4.74. The lowest BCUT2D eigenvalue weighted by Gasteiger charge is -2.15. The van der Waals surface area contributed by atoms with Crippen LogP contribution in [0.2, 0.25) is 0 Å². The molecule has 1 aliphatic rings. The van der Waals surface area contributed by atoms with Crippen LogP contribution in [0, 0.1) is 5.82 Å². The minimum absolute atomic E-state index is 0.229. The van der Waals surface area contributed by atoms with Crippen molar-refractivity contribution >= 4 is 33.7 Å². The Morgan fingerprint density at radius 3 is 2.80 bits per heavy atom. The predicted molar refractivity (Wildman–Crippen MR) is 98.6 cm³/mol. The van der Waals surface area contributed by atoms with E-state index >= 15 is 0 Å². The molecule has 1 aromatic heterocycles. The highest BCUT2D eigenvalue weighted by molar-refractivity contribution is 8.14. The van der Waals surface area contributed by atoms with Gasteiger partial charge in [0.25, 0.3) is 0 Å². The third-order valence-electron chi connectivity index (χ3n) is 3.83. The van der Waals surface area contributed by atoms with Crippen LogP contribution in [0.15, 0.2) is 57.4 Å². The Kier molecular flexibility index (Phi) is 4.10. The molecule has 25 heavy (non-hydrogen) atoms. The normalized spacial score (nSPS) is 16.0. The first-order valence-electron chi connectivity index (χ1n) is 7.65. The molecule has 0 aliphatic carbocycles. The number of imidazole rings is 1. The maximum Gasteiger partial charge on any atom is 0.323 e. The average molecular weight is 355 g/mol. The zero-order valence-electron chi connectivity index (χ0n) is 13.0. The summed E-state index contributed by atoms with van der Waals surface area (Å²) in [7, 11) is 0. The number of aromatic amines is 2. The summed E-state index contributed by atoms with van der Waals surface area (Å²) < 4.78 is 13.6. The van der Waals surface area contributed by atoms with Crippen LogP contribution in [-0.4, -0.2) is 26.6 Å². The lowest BCUT2D eigenvalue weighted by atomic mass is 10.1. The molecule has 0 atom stereocenters. The Morgan fingerprint density at radius 1 is 1.16 bits per heavy atom. The van der Waals surface area contributed by atoms with E-state index in [9.17, 15) is 9.18 Å². The van der Waals surface area contributed by atoms with E-state index in [2.05, 4.69) is 25.5 Å². The molecule has 0 saturated heterocycles. The number of rotatable bonds is 3. The smallest absolute Gasteiger partial charge is 0.306 e. The fraction of sp³-hybridized carbons (Fsp3) is 0.118. The van der Waals surface area contributed by atoms with Crippen molar-refractivity contribution in [2.75, 3.05) is 5.75 Å². The summed E-state index contributed by atoms with van der Waals surface area (Å²) in [5, 5.41) is 5.00. The molecular formula is C17H14FN5OS. The van der Waals surface area contributed by atoms with E-state index in [0.29, 0.717) is 16.5 Å². The molecule has 0 saturated carbocycles. The van der Waals surface area contributed by atoms with Crippen LogP contribution in [0.5, 0.6) is 0 Å². The number of nitrogens with zero attached hydrogens (tertiary/aromatic N) is 2. The maximum absolute atomic E-state index is 13.6. The summed E-state index contributed by atoms with van der Waals surface area (Å²) >= 11 is 1.51. The zero-order valence-corrected chi connectivity index (χ0v) is 13.9. The second-order valence-electron chi connectivity index (χ2n) is 5.51. The maximum atomic E-state index is 13.6. The molecule has 0 spiro atoms. The van der Waals surface area contributed by atoms with Gasteiger partial charge in [-0.25, -0.2) is 9.18 Å². The number of hydrazone groups is 1. The summed E-state index contributed by atoms with van der Waals surface area (Å²) in [5.41, 5.74) is 6.52. The molecule has 3 N–H and O–H groups in total. The molecule has 4 rings (SSSR count). The van der Waals surface area contributed by atoms with E-state index in [1.54, 1.807) is 18.2 Å². The molecule has 0 fully saturated rings. The number of halogens is 1. The number of aromatic nitrogens is 2. The number of fused-ring (bicyclic) bond motifs is 1. The lowest BCUT2D eigenvalue weighted by Crippen LogP contribution is -2.25. The molecule has 2 heterocycles. The lowest BCUT2D eigenvalue weighted by molar-refractivity contribution is 0.611. The fourth-order valence-corrected chi connectivity index (χ4v) is 3.31. The van der Waals surface area contributed by atoms with E-state index in [1.807, 2.05) is 18.2 Å². The van der Waals surface area contributed by atoms with Crippen molar-refractivity contribution in [3.05, 3.63) is 69.9 Å². The number of hydrogen-bond donors (Lipinski definition) is 3. The van der Waals surface area contributed by atoms with Gasteiger partial charge < -0.3 is 9.97 Å². The van der Waals surface area contributed by atoms with Gasteiger partial charge >= 0.3 is 5.69 Å². The summed E-state index contributed by atoms with van der Waals surface area (Å²) in [6.45, 7) is 0.267. The van der Waals surface area contributed by atoms with Crippen LogP contribution in [-0.2, 0) is 6.54 Å². The molecule has 1 aliphatic heterocycles. The van der Waals surface area contributed by atoms with Gasteiger partial charge in [-0.2, -0.15) is 5.10 Å². The van der Waals surface area contributed by atoms with Crippen molar-refractivity contribution in [1.82, 2.24) is 15.4 Å². The van der Waals surface area contributed by atoms with Gasteiger partial charge in [0, 0.05) is 16.9 Å². The number of thioether (sulfide) groups is 1. The van der Waals surface area contributed by atoms with Crippen LogP contribution >= 0.6 is 11.8 Å². The monoisotopic (exact) mass is 355 g/mol. The second kappa shape index (κ2) is 6.56. The van der Waals surface area contributed by atoms with Gasteiger partial charge in [0.1, 0.15) is 5.82 Å². The minimum Gasteiger partial charge on any atom is -0.306 e. The van der Waals surface area contributed by atoms with Gasteiger partial charge in [-0.1, -0.05) is 36.0 Å². The molecule has 0 radical (unpaired) electrons. The highest BCUT2D eigenvalue weighted by atomic mass is 32.2. The van der Waals surface area contributed by atoms with E-state index in [0.717, 1.165) is 22.3 Å². The van der Waals surface area contributed by atoms with E-state index < -0.39 is 0 Å². The Hall–Kier alpha value is -2.87. The van der Waals surface area contributed by atoms with E-state index in [-0.39, 0.29) is 18.1 Å². The molecule has 8 heteroatoms. The number of amidine groups is 1. The first-order valence-corrected chi connectivity index (χ1v) is 8.63. The van der Waals surface area contributed by atoms with Crippen molar-refractivity contribution in [1.29, 1.82) is 0 Å². The largest absolute Gasteiger partial charge is 0.323 e. The molecule has 0 amide bonds. The summed E-state index contributed by atoms with van der Waals surface area (Å²) in [6, 6.07) is 12.2. The molecule has 2 aromatic carbocycles. The Labute approximate surface area is 146 Å². The van der Waals surface area contributed by atoms with Crippen molar-refractivity contribution in [2.24, 2.45) is 10.1 Å². The topological polar surface area (TPSA) is 85.4 Å². The SMILES string of the molecule is O=c1[nH]c2ccc(C3=NNC(=NCc4ccccc4F)SC3)cc2[nH]1. The van der Waals surface area contributed by atoms with Crippen molar-refractivity contribution < 1.29 is 4.39 Å². The van der Waals surface area contributed by atoms with Gasteiger partial charge in [0.05, 0.1) is 23.3 Å². The van der Waals surface area contributed by atoms with Crippen LogP contribution < -0.4 is 11.1 Å². The minimum atomic E-state index is -0.259.